The normalized spacial score (nSPS) is 14.4. The zero-order chi connectivity index (χ0) is 18.8. The van der Waals surface area contributed by atoms with Crippen LogP contribution in [0.3, 0.4) is 0 Å². The molecule has 0 aliphatic heterocycles. The zero-order valence-electron chi connectivity index (χ0n) is 15.1. The van der Waals surface area contributed by atoms with Gasteiger partial charge in [0.05, 0.1) is 35.6 Å². The molecular formula is C20H21ClN4O2. The van der Waals surface area contributed by atoms with Gasteiger partial charge in [-0.1, -0.05) is 24.4 Å². The largest absolute Gasteiger partial charge is 0.496 e. The molecule has 7 heteroatoms. The molecule has 4 rings (SSSR count). The minimum Gasteiger partial charge on any atom is -0.496 e. The molecule has 0 saturated heterocycles. The second-order valence-electron chi connectivity index (χ2n) is 6.65. The van der Waals surface area contributed by atoms with E-state index in [0.717, 1.165) is 18.5 Å². The number of carbonyl (C=O) groups is 1. The van der Waals surface area contributed by atoms with E-state index in [1.807, 2.05) is 39.8 Å². The van der Waals surface area contributed by atoms with Crippen LogP contribution in [0.15, 0.2) is 48.9 Å². The van der Waals surface area contributed by atoms with E-state index >= 15 is 0 Å². The fourth-order valence-corrected chi connectivity index (χ4v) is 3.88. The average molecular weight is 385 g/mol. The maximum absolute atomic E-state index is 12.9. The third-order valence-corrected chi connectivity index (χ3v) is 5.28. The van der Waals surface area contributed by atoms with Crippen molar-refractivity contribution < 1.29 is 9.53 Å². The number of rotatable bonds is 5. The van der Waals surface area contributed by atoms with Gasteiger partial charge in [0.1, 0.15) is 11.6 Å². The maximum Gasteiger partial charge on any atom is 0.260 e. The molecule has 1 amide bonds. The van der Waals surface area contributed by atoms with E-state index in [-0.39, 0.29) is 5.91 Å². The number of anilines is 1. The van der Waals surface area contributed by atoms with Crippen molar-refractivity contribution in [2.24, 2.45) is 0 Å². The average Bonchev–Trinajstić information content (AvgIpc) is 3.43. The lowest BCUT2D eigenvalue weighted by molar-refractivity contribution is 0.102. The van der Waals surface area contributed by atoms with Crippen molar-refractivity contribution in [2.45, 2.75) is 31.7 Å². The van der Waals surface area contributed by atoms with E-state index in [9.17, 15) is 4.79 Å². The summed E-state index contributed by atoms with van der Waals surface area (Å²) >= 11 is 6.44. The molecule has 2 heterocycles. The number of ether oxygens (including phenoxy) is 1. The van der Waals surface area contributed by atoms with Gasteiger partial charge in [0, 0.05) is 24.5 Å². The van der Waals surface area contributed by atoms with E-state index in [2.05, 4.69) is 10.4 Å². The molecule has 0 radical (unpaired) electrons. The molecule has 1 aliphatic carbocycles. The van der Waals surface area contributed by atoms with E-state index in [1.54, 1.807) is 25.4 Å². The highest BCUT2D eigenvalue weighted by atomic mass is 35.5. The first-order chi connectivity index (χ1) is 13.2. The number of halogens is 1. The number of carbonyl (C=O) groups excluding carboxylic acids is 1. The summed E-state index contributed by atoms with van der Waals surface area (Å²) in [7, 11) is 1.54. The summed E-state index contributed by atoms with van der Waals surface area (Å²) in [6, 6.07) is 9.39. The smallest absolute Gasteiger partial charge is 0.260 e. The molecule has 1 fully saturated rings. The van der Waals surface area contributed by atoms with Crippen LogP contribution >= 0.6 is 11.6 Å². The van der Waals surface area contributed by atoms with Gasteiger partial charge in [0.25, 0.3) is 5.91 Å². The second kappa shape index (κ2) is 7.48. The summed E-state index contributed by atoms with van der Waals surface area (Å²) in [5, 5.41) is 7.82. The minimum atomic E-state index is -0.271. The molecule has 1 saturated carbocycles. The summed E-state index contributed by atoms with van der Waals surface area (Å²) in [6.45, 7) is 0. The summed E-state index contributed by atoms with van der Waals surface area (Å²) in [5.41, 5.74) is 1.14. The molecule has 0 spiro atoms. The predicted octanol–water partition coefficient (Wildman–Crippen LogP) is 4.70. The number of nitrogens with zero attached hydrogens (tertiary/aromatic N) is 3. The fourth-order valence-electron chi connectivity index (χ4n) is 3.62. The Kier molecular flexibility index (Phi) is 4.90. The van der Waals surface area contributed by atoms with Crippen LogP contribution in [0.4, 0.5) is 5.82 Å². The molecule has 1 N–H and O–H groups in total. The van der Waals surface area contributed by atoms with Crippen molar-refractivity contribution in [1.29, 1.82) is 0 Å². The Hall–Kier alpha value is -2.73. The van der Waals surface area contributed by atoms with Gasteiger partial charge in [-0.3, -0.25) is 4.79 Å². The lowest BCUT2D eigenvalue weighted by Gasteiger charge is -2.16. The number of methoxy groups -OCH3 is 1. The van der Waals surface area contributed by atoms with Crippen LogP contribution in [0.25, 0.3) is 5.69 Å². The van der Waals surface area contributed by atoms with Crippen molar-refractivity contribution in [2.75, 3.05) is 12.4 Å². The van der Waals surface area contributed by atoms with E-state index in [1.165, 1.54) is 12.8 Å². The van der Waals surface area contributed by atoms with Crippen molar-refractivity contribution >= 4 is 23.3 Å². The molecule has 0 bridgehead atoms. The number of nitrogens with one attached hydrogen (secondary N) is 1. The van der Waals surface area contributed by atoms with Crippen LogP contribution in [0.2, 0.25) is 5.02 Å². The maximum atomic E-state index is 12.9. The van der Waals surface area contributed by atoms with Crippen LogP contribution in [-0.2, 0) is 0 Å². The quantitative estimate of drug-likeness (QED) is 0.693. The second-order valence-corrected chi connectivity index (χ2v) is 7.05. The highest BCUT2D eigenvalue weighted by molar-refractivity contribution is 6.33. The van der Waals surface area contributed by atoms with Crippen LogP contribution < -0.4 is 10.1 Å². The Balaban J connectivity index is 1.62. The number of aromatic nitrogens is 3. The van der Waals surface area contributed by atoms with Gasteiger partial charge in [-0.2, -0.15) is 5.10 Å². The Morgan fingerprint density at radius 3 is 2.70 bits per heavy atom. The molecule has 140 valence electrons. The first-order valence-corrected chi connectivity index (χ1v) is 9.41. The van der Waals surface area contributed by atoms with Crippen molar-refractivity contribution in [3.8, 4) is 11.4 Å². The van der Waals surface area contributed by atoms with Gasteiger partial charge < -0.3 is 14.6 Å². The Labute approximate surface area is 162 Å². The van der Waals surface area contributed by atoms with Crippen molar-refractivity contribution in [3.63, 3.8) is 0 Å². The lowest BCUT2D eigenvalue weighted by Crippen LogP contribution is -2.18. The Morgan fingerprint density at radius 1 is 1.26 bits per heavy atom. The Bertz CT molecular complexity index is 943. The predicted molar refractivity (Wildman–Crippen MR) is 105 cm³/mol. The monoisotopic (exact) mass is 384 g/mol. The first kappa shape index (κ1) is 17.7. The Morgan fingerprint density at radius 2 is 2.00 bits per heavy atom. The number of amides is 1. The van der Waals surface area contributed by atoms with E-state index in [4.69, 9.17) is 16.3 Å². The van der Waals surface area contributed by atoms with Crippen molar-refractivity contribution in [3.05, 3.63) is 59.5 Å². The molecule has 3 aromatic rings. The SMILES string of the molecule is COc1cc(-n2cccc2)c(Cl)cc1C(=O)Nc1ccnn1C1CCCC1. The molecule has 0 atom stereocenters. The fraction of sp³-hybridized carbons (Fsp3) is 0.300. The summed E-state index contributed by atoms with van der Waals surface area (Å²) in [4.78, 5) is 12.9. The molecule has 0 unspecified atom stereocenters. The lowest BCUT2D eigenvalue weighted by atomic mass is 10.1. The molecule has 27 heavy (non-hydrogen) atoms. The number of hydrogen-bond acceptors (Lipinski definition) is 3. The van der Waals surface area contributed by atoms with Gasteiger partial charge in [0.2, 0.25) is 0 Å². The van der Waals surface area contributed by atoms with Crippen LogP contribution in [-0.4, -0.2) is 27.4 Å². The van der Waals surface area contributed by atoms with Gasteiger partial charge in [-0.25, -0.2) is 4.68 Å². The molecule has 1 aliphatic rings. The summed E-state index contributed by atoms with van der Waals surface area (Å²) < 4.78 is 9.24. The van der Waals surface area contributed by atoms with Crippen LogP contribution in [0.1, 0.15) is 42.1 Å². The summed E-state index contributed by atoms with van der Waals surface area (Å²) in [6.07, 6.45) is 10.1. The highest BCUT2D eigenvalue weighted by Gasteiger charge is 2.22. The van der Waals surface area contributed by atoms with Crippen LogP contribution in [0.5, 0.6) is 5.75 Å². The van der Waals surface area contributed by atoms with E-state index in [0.29, 0.717) is 28.2 Å². The van der Waals surface area contributed by atoms with Crippen molar-refractivity contribution in [1.82, 2.24) is 14.3 Å². The number of hydrogen-bond donors (Lipinski definition) is 1. The first-order valence-electron chi connectivity index (χ1n) is 9.03. The molecule has 2 aromatic heterocycles. The van der Waals surface area contributed by atoms with E-state index < -0.39 is 0 Å². The minimum absolute atomic E-state index is 0.271. The topological polar surface area (TPSA) is 61.1 Å². The number of benzene rings is 1. The van der Waals surface area contributed by atoms with Gasteiger partial charge in [-0.15, -0.1) is 0 Å². The molecular weight excluding hydrogens is 364 g/mol. The third kappa shape index (κ3) is 3.45. The summed E-state index contributed by atoms with van der Waals surface area (Å²) in [5.74, 6) is 0.889. The van der Waals surface area contributed by atoms with Gasteiger partial charge in [0.15, 0.2) is 0 Å². The molecule has 1 aromatic carbocycles. The highest BCUT2D eigenvalue weighted by Crippen LogP contribution is 2.33. The zero-order valence-corrected chi connectivity index (χ0v) is 15.8. The molecule has 6 nitrogen and oxygen atoms in total. The van der Waals surface area contributed by atoms with Crippen LogP contribution in [0, 0.1) is 0 Å². The van der Waals surface area contributed by atoms with Gasteiger partial charge in [-0.05, 0) is 31.0 Å². The standard InChI is InChI=1S/C20H21ClN4O2/c1-27-18-13-17(24-10-4-5-11-24)16(21)12-15(18)20(26)23-19-8-9-22-25(19)14-6-2-3-7-14/h4-5,8-14H,2-3,6-7H2,1H3,(H,23,26). The van der Waals surface area contributed by atoms with Gasteiger partial charge >= 0.3 is 0 Å². The third-order valence-electron chi connectivity index (χ3n) is 4.98.